The van der Waals surface area contributed by atoms with Crippen LogP contribution in [-0.2, 0) is 10.0 Å². The SMILES string of the molecule is Cc1ccc(O[C@H]2CCN(S(=O)(=O)C3CCCCC3)C2)nn1. The van der Waals surface area contributed by atoms with Crippen molar-refractivity contribution in [3.63, 3.8) is 0 Å². The fourth-order valence-electron chi connectivity index (χ4n) is 3.22. The highest BCUT2D eigenvalue weighted by Crippen LogP contribution is 2.28. The number of ether oxygens (including phenoxy) is 1. The molecule has 22 heavy (non-hydrogen) atoms. The van der Waals surface area contributed by atoms with Crippen molar-refractivity contribution < 1.29 is 13.2 Å². The average Bonchev–Trinajstić information content (AvgIpc) is 3.00. The summed E-state index contributed by atoms with van der Waals surface area (Å²) in [4.78, 5) is 0. The third-order valence-corrected chi connectivity index (χ3v) is 6.87. The van der Waals surface area contributed by atoms with Crippen molar-refractivity contribution in [2.75, 3.05) is 13.1 Å². The van der Waals surface area contributed by atoms with Crippen molar-refractivity contribution in [3.05, 3.63) is 17.8 Å². The van der Waals surface area contributed by atoms with Crippen LogP contribution in [0, 0.1) is 6.92 Å². The largest absolute Gasteiger partial charge is 0.472 e. The summed E-state index contributed by atoms with van der Waals surface area (Å²) in [6.07, 6.45) is 5.38. The van der Waals surface area contributed by atoms with Gasteiger partial charge >= 0.3 is 0 Å². The second-order valence-corrected chi connectivity index (χ2v) is 8.42. The van der Waals surface area contributed by atoms with E-state index >= 15 is 0 Å². The highest BCUT2D eigenvalue weighted by atomic mass is 32.2. The molecule has 1 saturated carbocycles. The molecule has 2 aliphatic rings. The van der Waals surface area contributed by atoms with E-state index in [0.29, 0.717) is 25.4 Å². The Morgan fingerprint density at radius 1 is 1.14 bits per heavy atom. The molecule has 1 aromatic heterocycles. The van der Waals surface area contributed by atoms with E-state index in [9.17, 15) is 8.42 Å². The summed E-state index contributed by atoms with van der Waals surface area (Å²) in [6, 6.07) is 3.62. The summed E-state index contributed by atoms with van der Waals surface area (Å²) in [6.45, 7) is 2.84. The Bertz CT molecular complexity index is 597. The Hall–Kier alpha value is -1.21. The zero-order valence-corrected chi connectivity index (χ0v) is 13.8. The van der Waals surface area contributed by atoms with Crippen molar-refractivity contribution in [2.45, 2.75) is 56.8 Å². The van der Waals surface area contributed by atoms with Gasteiger partial charge in [0.05, 0.1) is 17.5 Å². The highest BCUT2D eigenvalue weighted by Gasteiger charge is 2.38. The molecule has 1 aromatic rings. The summed E-state index contributed by atoms with van der Waals surface area (Å²) in [5, 5.41) is 7.74. The molecule has 1 aliphatic heterocycles. The van der Waals surface area contributed by atoms with Gasteiger partial charge in [0.1, 0.15) is 6.10 Å². The maximum absolute atomic E-state index is 12.7. The molecular formula is C15H23N3O3S. The summed E-state index contributed by atoms with van der Waals surface area (Å²) < 4.78 is 32.7. The number of aryl methyl sites for hydroxylation is 1. The smallest absolute Gasteiger partial charge is 0.233 e. The number of sulfonamides is 1. The van der Waals surface area contributed by atoms with E-state index in [2.05, 4.69) is 10.2 Å². The first kappa shape index (κ1) is 15.7. The van der Waals surface area contributed by atoms with Gasteiger partial charge in [0.2, 0.25) is 15.9 Å². The summed E-state index contributed by atoms with van der Waals surface area (Å²) in [5.41, 5.74) is 0.834. The third kappa shape index (κ3) is 3.41. The maximum atomic E-state index is 12.7. The topological polar surface area (TPSA) is 72.4 Å². The zero-order valence-electron chi connectivity index (χ0n) is 12.9. The molecule has 1 saturated heterocycles. The molecule has 1 atom stereocenters. The Morgan fingerprint density at radius 2 is 1.91 bits per heavy atom. The highest BCUT2D eigenvalue weighted by molar-refractivity contribution is 7.89. The molecule has 0 unspecified atom stereocenters. The van der Waals surface area contributed by atoms with Gasteiger partial charge in [0, 0.05) is 12.6 Å². The normalized spacial score (nSPS) is 24.5. The Labute approximate surface area is 131 Å². The van der Waals surface area contributed by atoms with Crippen molar-refractivity contribution in [1.29, 1.82) is 0 Å². The molecule has 1 aliphatic carbocycles. The molecule has 6 nitrogen and oxygen atoms in total. The lowest BCUT2D eigenvalue weighted by Crippen LogP contribution is -2.39. The van der Waals surface area contributed by atoms with Gasteiger partial charge in [-0.15, -0.1) is 5.10 Å². The molecule has 2 fully saturated rings. The maximum Gasteiger partial charge on any atom is 0.233 e. The minimum Gasteiger partial charge on any atom is -0.472 e. The van der Waals surface area contributed by atoms with Gasteiger partial charge in [0.15, 0.2) is 0 Å². The van der Waals surface area contributed by atoms with Gasteiger partial charge in [-0.25, -0.2) is 8.42 Å². The molecule has 0 bridgehead atoms. The fourth-order valence-corrected chi connectivity index (χ4v) is 5.30. The van der Waals surface area contributed by atoms with Crippen LogP contribution in [0.15, 0.2) is 12.1 Å². The van der Waals surface area contributed by atoms with Gasteiger partial charge < -0.3 is 4.74 Å². The quantitative estimate of drug-likeness (QED) is 0.845. The van der Waals surface area contributed by atoms with Gasteiger partial charge in [-0.05, 0) is 32.3 Å². The summed E-state index contributed by atoms with van der Waals surface area (Å²) >= 11 is 0. The molecular weight excluding hydrogens is 302 g/mol. The van der Waals surface area contributed by atoms with Crippen LogP contribution in [0.4, 0.5) is 0 Å². The van der Waals surface area contributed by atoms with E-state index < -0.39 is 10.0 Å². The van der Waals surface area contributed by atoms with Crippen molar-refractivity contribution in [2.24, 2.45) is 0 Å². The molecule has 122 valence electrons. The van der Waals surface area contributed by atoms with Gasteiger partial charge in [-0.3, -0.25) is 0 Å². The summed E-state index contributed by atoms with van der Waals surface area (Å²) in [7, 11) is -3.18. The van der Waals surface area contributed by atoms with Crippen molar-refractivity contribution in [1.82, 2.24) is 14.5 Å². The number of hydrogen-bond acceptors (Lipinski definition) is 5. The number of hydrogen-bond donors (Lipinski definition) is 0. The van der Waals surface area contributed by atoms with Crippen LogP contribution in [0.1, 0.15) is 44.2 Å². The molecule has 0 spiro atoms. The van der Waals surface area contributed by atoms with E-state index in [4.69, 9.17) is 4.74 Å². The molecule has 7 heteroatoms. The molecule has 0 N–H and O–H groups in total. The van der Waals surface area contributed by atoms with Crippen LogP contribution in [0.5, 0.6) is 5.88 Å². The zero-order chi connectivity index (χ0) is 15.6. The lowest BCUT2D eigenvalue weighted by Gasteiger charge is -2.26. The Morgan fingerprint density at radius 3 is 2.59 bits per heavy atom. The first-order valence-electron chi connectivity index (χ1n) is 8.01. The Balaban J connectivity index is 1.60. The van der Waals surface area contributed by atoms with Crippen LogP contribution in [0.3, 0.4) is 0 Å². The summed E-state index contributed by atoms with van der Waals surface area (Å²) in [5.74, 6) is 0.465. The number of aromatic nitrogens is 2. The van der Waals surface area contributed by atoms with Crippen molar-refractivity contribution in [3.8, 4) is 5.88 Å². The fraction of sp³-hybridized carbons (Fsp3) is 0.733. The second kappa shape index (κ2) is 6.50. The third-order valence-electron chi connectivity index (χ3n) is 4.50. The average molecular weight is 325 g/mol. The minimum absolute atomic E-state index is 0.129. The molecule has 3 rings (SSSR count). The Kier molecular flexibility index (Phi) is 4.63. The predicted molar refractivity (Wildman–Crippen MR) is 83.2 cm³/mol. The van der Waals surface area contributed by atoms with E-state index in [0.717, 1.165) is 37.8 Å². The van der Waals surface area contributed by atoms with E-state index in [1.165, 1.54) is 0 Å². The molecule has 0 aromatic carbocycles. The van der Waals surface area contributed by atoms with Crippen LogP contribution < -0.4 is 4.74 Å². The standard InChI is InChI=1S/C15H23N3O3S/c1-12-7-8-15(17-16-12)21-13-9-10-18(11-13)22(19,20)14-5-3-2-4-6-14/h7-8,13-14H,2-6,9-11H2,1H3/t13-/m0/s1. The molecule has 2 heterocycles. The van der Waals surface area contributed by atoms with Crippen LogP contribution in [0.25, 0.3) is 0 Å². The van der Waals surface area contributed by atoms with E-state index in [1.54, 1.807) is 10.4 Å². The second-order valence-electron chi connectivity index (χ2n) is 6.20. The van der Waals surface area contributed by atoms with Crippen LogP contribution >= 0.6 is 0 Å². The molecule has 0 radical (unpaired) electrons. The lowest BCUT2D eigenvalue weighted by atomic mass is 10.0. The van der Waals surface area contributed by atoms with Gasteiger partial charge in [0.25, 0.3) is 0 Å². The lowest BCUT2D eigenvalue weighted by molar-refractivity contribution is 0.204. The van der Waals surface area contributed by atoms with Crippen molar-refractivity contribution >= 4 is 10.0 Å². The van der Waals surface area contributed by atoms with Crippen LogP contribution in [0.2, 0.25) is 0 Å². The number of rotatable bonds is 4. The van der Waals surface area contributed by atoms with E-state index in [-0.39, 0.29) is 11.4 Å². The number of nitrogens with zero attached hydrogens (tertiary/aromatic N) is 3. The molecule has 0 amide bonds. The minimum atomic E-state index is -3.18. The van der Waals surface area contributed by atoms with Gasteiger partial charge in [-0.1, -0.05) is 19.3 Å². The predicted octanol–water partition coefficient (Wildman–Crippen LogP) is 1.90. The first-order valence-corrected chi connectivity index (χ1v) is 9.52. The van der Waals surface area contributed by atoms with E-state index in [1.807, 2.05) is 13.0 Å². The monoisotopic (exact) mass is 325 g/mol. The van der Waals surface area contributed by atoms with Gasteiger partial charge in [-0.2, -0.15) is 9.40 Å². The first-order chi connectivity index (χ1) is 10.6. The van der Waals surface area contributed by atoms with Crippen LogP contribution in [-0.4, -0.2) is 47.4 Å².